The molecule has 0 radical (unpaired) electrons. The topological polar surface area (TPSA) is 65.5 Å². The Balaban J connectivity index is 2.62. The van der Waals surface area contributed by atoms with Crippen LogP contribution >= 0.6 is 0 Å². The Hall–Kier alpha value is -1.40. The van der Waals surface area contributed by atoms with Crippen molar-refractivity contribution in [2.75, 3.05) is 45.9 Å². The monoisotopic (exact) mass is 255 g/mol. The molecule has 0 unspecified atom stereocenters. The minimum atomic E-state index is 0.480. The second-order valence-electron chi connectivity index (χ2n) is 3.62. The van der Waals surface area contributed by atoms with Gasteiger partial charge in [0.1, 0.15) is 18.2 Å². The van der Waals surface area contributed by atoms with Gasteiger partial charge in [-0.25, -0.2) is 4.98 Å². The van der Waals surface area contributed by atoms with Gasteiger partial charge < -0.3 is 19.5 Å². The molecule has 0 amide bonds. The second kappa shape index (κ2) is 8.66. The minimum Gasteiger partial charge on any atom is -0.475 e. The van der Waals surface area contributed by atoms with Crippen molar-refractivity contribution in [1.29, 1.82) is 0 Å². The fourth-order valence-corrected chi connectivity index (χ4v) is 1.31. The van der Waals surface area contributed by atoms with Crippen molar-refractivity contribution in [3.05, 3.63) is 11.9 Å². The van der Waals surface area contributed by atoms with Crippen molar-refractivity contribution in [2.45, 2.75) is 13.3 Å². The molecular weight excluding hydrogens is 234 g/mol. The molecule has 1 N–H and O–H groups in total. The van der Waals surface area contributed by atoms with E-state index < -0.39 is 0 Å². The number of hydrogen-bond donors (Lipinski definition) is 1. The molecule has 1 rings (SSSR count). The highest BCUT2D eigenvalue weighted by molar-refractivity contribution is 5.38. The van der Waals surface area contributed by atoms with Gasteiger partial charge in [-0.2, -0.15) is 4.98 Å². The van der Waals surface area contributed by atoms with Gasteiger partial charge in [0.2, 0.25) is 5.88 Å². The summed E-state index contributed by atoms with van der Waals surface area (Å²) in [5.41, 5.74) is 0. The molecule has 0 spiro atoms. The van der Waals surface area contributed by atoms with E-state index >= 15 is 0 Å². The molecule has 6 nitrogen and oxygen atoms in total. The SMILES string of the molecule is CCc1nc(NCCOC)cc(OCCOC)n1. The number of aryl methyl sites for hydroxylation is 1. The molecule has 0 saturated heterocycles. The zero-order valence-electron chi connectivity index (χ0n) is 11.2. The second-order valence-corrected chi connectivity index (χ2v) is 3.62. The van der Waals surface area contributed by atoms with E-state index in [2.05, 4.69) is 15.3 Å². The lowest BCUT2D eigenvalue weighted by atomic mass is 10.4. The third-order valence-electron chi connectivity index (χ3n) is 2.21. The Kier molecular flexibility index (Phi) is 7.05. The number of rotatable bonds is 9. The first kappa shape index (κ1) is 14.7. The predicted molar refractivity (Wildman–Crippen MR) is 69.1 cm³/mol. The Labute approximate surface area is 108 Å². The first-order valence-electron chi connectivity index (χ1n) is 6.02. The molecule has 18 heavy (non-hydrogen) atoms. The molecule has 0 bridgehead atoms. The lowest BCUT2D eigenvalue weighted by Gasteiger charge is -2.10. The molecule has 1 heterocycles. The minimum absolute atomic E-state index is 0.480. The Morgan fingerprint density at radius 2 is 1.89 bits per heavy atom. The molecule has 1 aromatic rings. The zero-order chi connectivity index (χ0) is 13.2. The van der Waals surface area contributed by atoms with Crippen LogP contribution < -0.4 is 10.1 Å². The Bertz CT molecular complexity index is 319. The van der Waals surface area contributed by atoms with E-state index in [0.717, 1.165) is 18.1 Å². The third kappa shape index (κ3) is 5.29. The molecule has 0 aliphatic rings. The number of ether oxygens (including phenoxy) is 3. The van der Waals surface area contributed by atoms with Gasteiger partial charge in [0.15, 0.2) is 0 Å². The van der Waals surface area contributed by atoms with Crippen molar-refractivity contribution >= 4 is 5.82 Å². The van der Waals surface area contributed by atoms with Crippen LogP contribution in [0.5, 0.6) is 5.88 Å². The van der Waals surface area contributed by atoms with Gasteiger partial charge in [-0.05, 0) is 0 Å². The van der Waals surface area contributed by atoms with Crippen molar-refractivity contribution in [1.82, 2.24) is 9.97 Å². The van der Waals surface area contributed by atoms with E-state index in [1.165, 1.54) is 0 Å². The smallest absolute Gasteiger partial charge is 0.218 e. The normalized spacial score (nSPS) is 10.4. The highest BCUT2D eigenvalue weighted by Gasteiger charge is 2.04. The van der Waals surface area contributed by atoms with Gasteiger partial charge in [0, 0.05) is 33.3 Å². The Morgan fingerprint density at radius 3 is 2.56 bits per heavy atom. The highest BCUT2D eigenvalue weighted by atomic mass is 16.5. The largest absolute Gasteiger partial charge is 0.475 e. The third-order valence-corrected chi connectivity index (χ3v) is 2.21. The molecule has 0 aliphatic heterocycles. The summed E-state index contributed by atoms with van der Waals surface area (Å²) in [4.78, 5) is 8.65. The number of methoxy groups -OCH3 is 2. The molecule has 1 aromatic heterocycles. The lowest BCUT2D eigenvalue weighted by molar-refractivity contribution is 0.143. The maximum atomic E-state index is 5.49. The summed E-state index contributed by atoms with van der Waals surface area (Å²) in [6.45, 7) is 4.36. The molecule has 0 fully saturated rings. The molecule has 0 aliphatic carbocycles. The van der Waals surface area contributed by atoms with Gasteiger partial charge in [-0.15, -0.1) is 0 Å². The van der Waals surface area contributed by atoms with Gasteiger partial charge in [0.05, 0.1) is 13.2 Å². The maximum absolute atomic E-state index is 5.49. The number of nitrogens with zero attached hydrogens (tertiary/aromatic N) is 2. The lowest BCUT2D eigenvalue weighted by Crippen LogP contribution is -2.12. The summed E-state index contributed by atoms with van der Waals surface area (Å²) in [7, 11) is 3.30. The van der Waals surface area contributed by atoms with E-state index in [0.29, 0.717) is 32.2 Å². The average Bonchev–Trinajstić information content (AvgIpc) is 2.39. The van der Waals surface area contributed by atoms with Crippen LogP contribution in [0.15, 0.2) is 6.07 Å². The predicted octanol–water partition coefficient (Wildman–Crippen LogP) is 1.12. The van der Waals surface area contributed by atoms with Crippen molar-refractivity contribution in [3.63, 3.8) is 0 Å². The average molecular weight is 255 g/mol. The van der Waals surface area contributed by atoms with Gasteiger partial charge >= 0.3 is 0 Å². The van der Waals surface area contributed by atoms with E-state index in [-0.39, 0.29) is 0 Å². The molecular formula is C12H21N3O3. The standard InChI is InChI=1S/C12H21N3O3/c1-4-10-14-11(13-5-6-16-2)9-12(15-10)18-8-7-17-3/h9H,4-8H2,1-3H3,(H,13,14,15). The zero-order valence-corrected chi connectivity index (χ0v) is 11.2. The van der Waals surface area contributed by atoms with Crippen LogP contribution in [0, 0.1) is 0 Å². The van der Waals surface area contributed by atoms with Gasteiger partial charge in [0.25, 0.3) is 0 Å². The maximum Gasteiger partial charge on any atom is 0.218 e. The number of anilines is 1. The van der Waals surface area contributed by atoms with Crippen molar-refractivity contribution < 1.29 is 14.2 Å². The van der Waals surface area contributed by atoms with Crippen molar-refractivity contribution in [2.24, 2.45) is 0 Å². The van der Waals surface area contributed by atoms with Crippen LogP contribution in [0.4, 0.5) is 5.82 Å². The molecule has 0 atom stereocenters. The summed E-state index contributed by atoms with van der Waals surface area (Å²) in [6, 6.07) is 1.78. The summed E-state index contributed by atoms with van der Waals surface area (Å²) in [5.74, 6) is 2.08. The highest BCUT2D eigenvalue weighted by Crippen LogP contribution is 2.13. The van der Waals surface area contributed by atoms with E-state index in [1.807, 2.05) is 6.92 Å². The van der Waals surface area contributed by atoms with Crippen LogP contribution in [0.25, 0.3) is 0 Å². The fraction of sp³-hybridized carbons (Fsp3) is 0.667. The first-order chi connectivity index (χ1) is 8.80. The van der Waals surface area contributed by atoms with Crippen LogP contribution in [-0.4, -0.2) is 50.6 Å². The van der Waals surface area contributed by atoms with Crippen LogP contribution in [0.2, 0.25) is 0 Å². The van der Waals surface area contributed by atoms with E-state index in [1.54, 1.807) is 20.3 Å². The molecule has 0 saturated carbocycles. The quantitative estimate of drug-likeness (QED) is 0.667. The molecule has 0 aromatic carbocycles. The summed E-state index contributed by atoms with van der Waals surface area (Å²) in [6.07, 6.45) is 0.764. The summed E-state index contributed by atoms with van der Waals surface area (Å²) < 4.78 is 15.4. The number of nitrogens with one attached hydrogen (secondary N) is 1. The van der Waals surface area contributed by atoms with Crippen LogP contribution in [0.3, 0.4) is 0 Å². The Morgan fingerprint density at radius 1 is 1.11 bits per heavy atom. The number of aromatic nitrogens is 2. The first-order valence-corrected chi connectivity index (χ1v) is 6.02. The van der Waals surface area contributed by atoms with Crippen molar-refractivity contribution in [3.8, 4) is 5.88 Å². The number of hydrogen-bond acceptors (Lipinski definition) is 6. The fourth-order valence-electron chi connectivity index (χ4n) is 1.31. The van der Waals surface area contributed by atoms with Gasteiger partial charge in [-0.3, -0.25) is 0 Å². The van der Waals surface area contributed by atoms with Gasteiger partial charge in [-0.1, -0.05) is 6.92 Å². The summed E-state index contributed by atoms with van der Waals surface area (Å²) in [5, 5.41) is 3.16. The summed E-state index contributed by atoms with van der Waals surface area (Å²) >= 11 is 0. The van der Waals surface area contributed by atoms with Crippen LogP contribution in [0.1, 0.15) is 12.7 Å². The molecule has 6 heteroatoms. The van der Waals surface area contributed by atoms with E-state index in [9.17, 15) is 0 Å². The van der Waals surface area contributed by atoms with Crippen LogP contribution in [-0.2, 0) is 15.9 Å². The van der Waals surface area contributed by atoms with E-state index in [4.69, 9.17) is 14.2 Å². The molecule has 102 valence electrons.